The SMILES string of the molecule is CC(C)C(N)CCc1cnc(C(F)(F)F)s1. The summed E-state index contributed by atoms with van der Waals surface area (Å²) in [7, 11) is 0. The Kier molecular flexibility index (Phi) is 4.32. The Balaban J connectivity index is 2.53. The van der Waals surface area contributed by atoms with Crippen molar-refractivity contribution in [2.24, 2.45) is 11.7 Å². The molecule has 0 saturated heterocycles. The minimum absolute atomic E-state index is 0.0245. The summed E-state index contributed by atoms with van der Waals surface area (Å²) in [6, 6.07) is 0.0245. The molecule has 0 saturated carbocycles. The molecule has 0 amide bonds. The Morgan fingerprint density at radius 2 is 2.06 bits per heavy atom. The highest BCUT2D eigenvalue weighted by Crippen LogP contribution is 2.32. The lowest BCUT2D eigenvalue weighted by Gasteiger charge is -2.14. The summed E-state index contributed by atoms with van der Waals surface area (Å²) >= 11 is 0.702. The van der Waals surface area contributed by atoms with Gasteiger partial charge in [0.25, 0.3) is 0 Å². The maximum absolute atomic E-state index is 12.3. The molecule has 0 spiro atoms. The second kappa shape index (κ2) is 5.14. The van der Waals surface area contributed by atoms with Gasteiger partial charge in [-0.25, -0.2) is 4.98 Å². The number of aromatic nitrogens is 1. The van der Waals surface area contributed by atoms with Crippen LogP contribution < -0.4 is 5.73 Å². The van der Waals surface area contributed by atoms with E-state index in [0.717, 1.165) is 0 Å². The summed E-state index contributed by atoms with van der Waals surface area (Å²) < 4.78 is 36.8. The van der Waals surface area contributed by atoms with E-state index in [9.17, 15) is 13.2 Å². The van der Waals surface area contributed by atoms with Gasteiger partial charge in [0.2, 0.25) is 0 Å². The zero-order valence-electron chi connectivity index (χ0n) is 9.21. The Hall–Kier alpha value is -0.620. The van der Waals surface area contributed by atoms with Crippen molar-refractivity contribution < 1.29 is 13.2 Å². The lowest BCUT2D eigenvalue weighted by Crippen LogP contribution is -2.26. The number of rotatable bonds is 4. The molecule has 1 atom stereocenters. The molecule has 1 aromatic heterocycles. The fourth-order valence-corrected chi connectivity index (χ4v) is 1.99. The van der Waals surface area contributed by atoms with E-state index in [4.69, 9.17) is 5.73 Å². The van der Waals surface area contributed by atoms with Gasteiger partial charge in [0.15, 0.2) is 5.01 Å². The van der Waals surface area contributed by atoms with Gasteiger partial charge in [-0.15, -0.1) is 11.3 Å². The lowest BCUT2D eigenvalue weighted by molar-refractivity contribution is -0.137. The first-order valence-corrected chi connectivity index (χ1v) is 5.90. The molecule has 6 heteroatoms. The molecule has 0 aromatic carbocycles. The summed E-state index contributed by atoms with van der Waals surface area (Å²) in [5.41, 5.74) is 5.82. The number of hydrogen-bond acceptors (Lipinski definition) is 3. The molecule has 1 rings (SSSR count). The van der Waals surface area contributed by atoms with Gasteiger partial charge in [0, 0.05) is 17.1 Å². The topological polar surface area (TPSA) is 38.9 Å². The van der Waals surface area contributed by atoms with Gasteiger partial charge in [-0.2, -0.15) is 13.2 Å². The normalized spacial score (nSPS) is 14.4. The van der Waals surface area contributed by atoms with Gasteiger partial charge < -0.3 is 5.73 Å². The van der Waals surface area contributed by atoms with Crippen molar-refractivity contribution in [3.8, 4) is 0 Å². The molecule has 1 unspecified atom stereocenters. The van der Waals surface area contributed by atoms with Gasteiger partial charge >= 0.3 is 6.18 Å². The number of halogens is 3. The Bertz CT molecular complexity index is 333. The smallest absolute Gasteiger partial charge is 0.327 e. The first-order valence-electron chi connectivity index (χ1n) is 5.08. The van der Waals surface area contributed by atoms with Crippen LogP contribution in [0.25, 0.3) is 0 Å². The van der Waals surface area contributed by atoms with E-state index in [0.29, 0.717) is 35.0 Å². The standard InChI is InChI=1S/C10H15F3N2S/c1-6(2)8(14)4-3-7-5-15-9(16-7)10(11,12)13/h5-6,8H,3-4,14H2,1-2H3. The third-order valence-electron chi connectivity index (χ3n) is 2.38. The van der Waals surface area contributed by atoms with E-state index in [-0.39, 0.29) is 6.04 Å². The zero-order valence-corrected chi connectivity index (χ0v) is 10.0. The minimum atomic E-state index is -4.33. The average Bonchev–Trinajstić information content (AvgIpc) is 2.61. The van der Waals surface area contributed by atoms with Crippen molar-refractivity contribution in [1.82, 2.24) is 4.98 Å². The fraction of sp³-hybridized carbons (Fsp3) is 0.700. The van der Waals surface area contributed by atoms with E-state index >= 15 is 0 Å². The molecular weight excluding hydrogens is 237 g/mol. The fourth-order valence-electron chi connectivity index (χ4n) is 1.20. The van der Waals surface area contributed by atoms with Crippen LogP contribution in [0.1, 0.15) is 30.2 Å². The highest BCUT2D eigenvalue weighted by Gasteiger charge is 2.34. The molecule has 0 aliphatic carbocycles. The monoisotopic (exact) mass is 252 g/mol. The molecule has 0 radical (unpaired) electrons. The van der Waals surface area contributed by atoms with Gasteiger partial charge in [-0.05, 0) is 18.8 Å². The Morgan fingerprint density at radius 3 is 2.50 bits per heavy atom. The number of thiazole rings is 1. The quantitative estimate of drug-likeness (QED) is 0.894. The highest BCUT2D eigenvalue weighted by atomic mass is 32.1. The second-order valence-corrected chi connectivity index (χ2v) is 5.19. The molecule has 2 N–H and O–H groups in total. The van der Waals surface area contributed by atoms with Crippen LogP contribution in [0.4, 0.5) is 13.2 Å². The van der Waals surface area contributed by atoms with Crippen molar-refractivity contribution >= 4 is 11.3 Å². The van der Waals surface area contributed by atoms with Crippen LogP contribution in [-0.2, 0) is 12.6 Å². The van der Waals surface area contributed by atoms with Crippen LogP contribution >= 0.6 is 11.3 Å². The van der Waals surface area contributed by atoms with Gasteiger partial charge in [0.05, 0.1) is 0 Å². The third kappa shape index (κ3) is 3.75. The number of aryl methyl sites for hydroxylation is 1. The number of hydrogen-bond donors (Lipinski definition) is 1. The Labute approximate surface area is 96.7 Å². The molecule has 92 valence electrons. The first kappa shape index (κ1) is 13.4. The number of nitrogens with two attached hydrogens (primary N) is 1. The van der Waals surface area contributed by atoms with E-state index < -0.39 is 11.2 Å². The Morgan fingerprint density at radius 1 is 1.44 bits per heavy atom. The van der Waals surface area contributed by atoms with Gasteiger partial charge in [-0.3, -0.25) is 0 Å². The van der Waals surface area contributed by atoms with Crippen molar-refractivity contribution in [1.29, 1.82) is 0 Å². The van der Waals surface area contributed by atoms with Crippen molar-refractivity contribution in [3.63, 3.8) is 0 Å². The van der Waals surface area contributed by atoms with E-state index in [2.05, 4.69) is 4.98 Å². The lowest BCUT2D eigenvalue weighted by atomic mass is 10.0. The van der Waals surface area contributed by atoms with Crippen LogP contribution in [0.2, 0.25) is 0 Å². The van der Waals surface area contributed by atoms with Crippen LogP contribution in [0.15, 0.2) is 6.20 Å². The molecular formula is C10H15F3N2S. The van der Waals surface area contributed by atoms with Crippen LogP contribution in [0.5, 0.6) is 0 Å². The van der Waals surface area contributed by atoms with Crippen LogP contribution in [0, 0.1) is 5.92 Å². The van der Waals surface area contributed by atoms with Crippen LogP contribution in [-0.4, -0.2) is 11.0 Å². The number of nitrogens with zero attached hydrogens (tertiary/aromatic N) is 1. The molecule has 0 aliphatic heterocycles. The summed E-state index contributed by atoms with van der Waals surface area (Å²) in [5.74, 6) is 0.343. The molecule has 0 fully saturated rings. The van der Waals surface area contributed by atoms with E-state index in [1.54, 1.807) is 0 Å². The molecule has 1 aromatic rings. The molecule has 16 heavy (non-hydrogen) atoms. The largest absolute Gasteiger partial charge is 0.443 e. The van der Waals surface area contributed by atoms with Crippen molar-refractivity contribution in [2.45, 2.75) is 38.9 Å². The van der Waals surface area contributed by atoms with E-state index in [1.165, 1.54) is 6.20 Å². The highest BCUT2D eigenvalue weighted by molar-refractivity contribution is 7.11. The summed E-state index contributed by atoms with van der Waals surface area (Å²) in [6.45, 7) is 4.00. The average molecular weight is 252 g/mol. The predicted molar refractivity (Wildman–Crippen MR) is 58.3 cm³/mol. The van der Waals surface area contributed by atoms with Crippen molar-refractivity contribution in [2.75, 3.05) is 0 Å². The van der Waals surface area contributed by atoms with E-state index in [1.807, 2.05) is 13.8 Å². The summed E-state index contributed by atoms with van der Waals surface area (Å²) in [6.07, 6.45) is -1.78. The summed E-state index contributed by atoms with van der Waals surface area (Å²) in [5, 5.41) is -0.777. The second-order valence-electron chi connectivity index (χ2n) is 4.08. The molecule has 2 nitrogen and oxygen atoms in total. The molecule has 1 heterocycles. The van der Waals surface area contributed by atoms with Gasteiger partial charge in [-0.1, -0.05) is 13.8 Å². The molecule has 0 aliphatic rings. The summed E-state index contributed by atoms with van der Waals surface area (Å²) in [4.78, 5) is 4.01. The third-order valence-corrected chi connectivity index (χ3v) is 3.48. The van der Waals surface area contributed by atoms with Crippen LogP contribution in [0.3, 0.4) is 0 Å². The molecule has 0 bridgehead atoms. The first-order chi connectivity index (χ1) is 7.30. The maximum atomic E-state index is 12.3. The van der Waals surface area contributed by atoms with Crippen molar-refractivity contribution in [3.05, 3.63) is 16.1 Å². The maximum Gasteiger partial charge on any atom is 0.443 e. The van der Waals surface area contributed by atoms with Gasteiger partial charge in [0.1, 0.15) is 0 Å². The number of alkyl halides is 3. The minimum Gasteiger partial charge on any atom is -0.327 e. The predicted octanol–water partition coefficient (Wildman–Crippen LogP) is 3.08. The zero-order chi connectivity index (χ0) is 12.3.